The van der Waals surface area contributed by atoms with Crippen LogP contribution in [0, 0.1) is 13.8 Å². The first-order valence-corrected chi connectivity index (χ1v) is 12.8. The van der Waals surface area contributed by atoms with Crippen LogP contribution in [0.4, 0.5) is 0 Å². The lowest BCUT2D eigenvalue weighted by atomic mass is 9.87. The molecule has 4 aromatic carbocycles. The van der Waals surface area contributed by atoms with Crippen LogP contribution in [0.1, 0.15) is 96.2 Å². The minimum absolute atomic E-state index is 0.181. The highest BCUT2D eigenvalue weighted by Crippen LogP contribution is 2.41. The molecule has 0 saturated carbocycles. The maximum absolute atomic E-state index is 7.29. The van der Waals surface area contributed by atoms with Crippen LogP contribution in [0.2, 0.25) is 0 Å². The molecule has 0 aliphatic rings. The highest BCUT2D eigenvalue weighted by atomic mass is 16.5. The molecule has 35 heavy (non-hydrogen) atoms. The standard InChI is InChI=1S/C34H38O/c1-23(2)29-19-17-25(5)21-31(29)33(27-13-9-7-10-14-27)35-34(28-15-11-8-12-16-28)32-22-26(6)18-20-30(32)24(3)4/h7-24,33-34H,1-6H3. The van der Waals surface area contributed by atoms with Crippen molar-refractivity contribution < 1.29 is 4.74 Å². The third-order valence-corrected chi connectivity index (χ3v) is 6.77. The Labute approximate surface area is 211 Å². The van der Waals surface area contributed by atoms with Crippen molar-refractivity contribution in [2.45, 2.75) is 65.6 Å². The normalized spacial score (nSPS) is 13.3. The van der Waals surface area contributed by atoms with Crippen LogP contribution in [0.15, 0.2) is 97.1 Å². The number of rotatable bonds is 8. The topological polar surface area (TPSA) is 9.23 Å². The molecule has 1 nitrogen and oxygen atoms in total. The average Bonchev–Trinajstić information content (AvgIpc) is 2.85. The van der Waals surface area contributed by atoms with E-state index in [4.69, 9.17) is 4.74 Å². The van der Waals surface area contributed by atoms with Gasteiger partial charge in [-0.05, 0) is 59.1 Å². The van der Waals surface area contributed by atoms with Gasteiger partial charge in [0.25, 0.3) is 0 Å². The molecular weight excluding hydrogens is 424 g/mol. The van der Waals surface area contributed by atoms with Crippen molar-refractivity contribution in [3.05, 3.63) is 142 Å². The van der Waals surface area contributed by atoms with E-state index in [1.54, 1.807) is 0 Å². The average molecular weight is 463 g/mol. The predicted octanol–water partition coefficient (Wildman–Crippen LogP) is 9.45. The van der Waals surface area contributed by atoms with Gasteiger partial charge in [0.1, 0.15) is 12.2 Å². The van der Waals surface area contributed by atoms with Crippen molar-refractivity contribution in [3.63, 3.8) is 0 Å². The smallest absolute Gasteiger partial charge is 0.109 e. The second-order valence-electron chi connectivity index (χ2n) is 10.3. The maximum atomic E-state index is 7.29. The van der Waals surface area contributed by atoms with Crippen LogP contribution in [0.3, 0.4) is 0 Å². The summed E-state index contributed by atoms with van der Waals surface area (Å²) in [4.78, 5) is 0. The summed E-state index contributed by atoms with van der Waals surface area (Å²) in [6.07, 6.45) is -0.363. The van der Waals surface area contributed by atoms with Crippen LogP contribution >= 0.6 is 0 Å². The lowest BCUT2D eigenvalue weighted by molar-refractivity contribution is 0.0296. The summed E-state index contributed by atoms with van der Waals surface area (Å²) in [5, 5.41) is 0. The molecule has 0 heterocycles. The van der Waals surface area contributed by atoms with Gasteiger partial charge in [-0.2, -0.15) is 0 Å². The van der Waals surface area contributed by atoms with Gasteiger partial charge in [0.2, 0.25) is 0 Å². The van der Waals surface area contributed by atoms with Crippen molar-refractivity contribution in [1.82, 2.24) is 0 Å². The van der Waals surface area contributed by atoms with Gasteiger partial charge < -0.3 is 4.74 Å². The highest BCUT2D eigenvalue weighted by molar-refractivity contribution is 5.43. The van der Waals surface area contributed by atoms with E-state index in [1.165, 1.54) is 44.5 Å². The van der Waals surface area contributed by atoms with Crippen LogP contribution in [0.5, 0.6) is 0 Å². The fourth-order valence-corrected chi connectivity index (χ4v) is 4.95. The van der Waals surface area contributed by atoms with Gasteiger partial charge in [0, 0.05) is 0 Å². The number of hydrogen-bond acceptors (Lipinski definition) is 1. The molecule has 1 heteroatoms. The molecule has 0 radical (unpaired) electrons. The molecule has 0 aliphatic heterocycles. The van der Waals surface area contributed by atoms with Gasteiger partial charge >= 0.3 is 0 Å². The zero-order valence-corrected chi connectivity index (χ0v) is 22.0. The first kappa shape index (κ1) is 24.9. The molecule has 0 bridgehead atoms. The molecule has 4 rings (SSSR count). The summed E-state index contributed by atoms with van der Waals surface area (Å²) >= 11 is 0. The Hall–Kier alpha value is -3.16. The van der Waals surface area contributed by atoms with Crippen molar-refractivity contribution in [2.24, 2.45) is 0 Å². The minimum Gasteiger partial charge on any atom is -0.356 e. The zero-order valence-electron chi connectivity index (χ0n) is 22.0. The predicted molar refractivity (Wildman–Crippen MR) is 148 cm³/mol. The Morgan fingerprint density at radius 1 is 0.457 bits per heavy atom. The van der Waals surface area contributed by atoms with Crippen LogP contribution < -0.4 is 0 Å². The summed E-state index contributed by atoms with van der Waals surface area (Å²) in [7, 11) is 0. The molecule has 0 spiro atoms. The second-order valence-corrected chi connectivity index (χ2v) is 10.3. The number of benzene rings is 4. The lowest BCUT2D eigenvalue weighted by Gasteiger charge is -2.31. The molecule has 0 saturated heterocycles. The summed E-state index contributed by atoms with van der Waals surface area (Å²) in [6.45, 7) is 13.4. The molecular formula is C34H38O. The molecule has 0 N–H and O–H groups in total. The Balaban J connectivity index is 1.93. The number of ether oxygens (including phenoxy) is 1. The maximum Gasteiger partial charge on any atom is 0.109 e. The van der Waals surface area contributed by atoms with E-state index >= 15 is 0 Å². The van der Waals surface area contributed by atoms with E-state index in [1.807, 2.05) is 0 Å². The Morgan fingerprint density at radius 2 is 0.829 bits per heavy atom. The SMILES string of the molecule is Cc1ccc(C(C)C)c(C(OC(c2ccccc2)c2cc(C)ccc2C(C)C)c2ccccc2)c1. The minimum atomic E-state index is -0.181. The van der Waals surface area contributed by atoms with Gasteiger partial charge in [-0.1, -0.05) is 136 Å². The number of aryl methyl sites for hydroxylation is 2. The van der Waals surface area contributed by atoms with Crippen molar-refractivity contribution in [3.8, 4) is 0 Å². The van der Waals surface area contributed by atoms with E-state index in [9.17, 15) is 0 Å². The largest absolute Gasteiger partial charge is 0.356 e. The Morgan fingerprint density at radius 3 is 1.17 bits per heavy atom. The third kappa shape index (κ3) is 5.74. The van der Waals surface area contributed by atoms with E-state index in [0.29, 0.717) is 11.8 Å². The molecule has 180 valence electrons. The molecule has 2 unspecified atom stereocenters. The van der Waals surface area contributed by atoms with Gasteiger partial charge in [0.15, 0.2) is 0 Å². The summed E-state index contributed by atoms with van der Waals surface area (Å²) in [5.41, 5.74) is 10.1. The van der Waals surface area contributed by atoms with E-state index in [-0.39, 0.29) is 12.2 Å². The molecule has 0 fully saturated rings. The van der Waals surface area contributed by atoms with E-state index in [0.717, 1.165) is 0 Å². The van der Waals surface area contributed by atoms with Crippen molar-refractivity contribution in [2.75, 3.05) is 0 Å². The summed E-state index contributed by atoms with van der Waals surface area (Å²) in [5.74, 6) is 0.807. The molecule has 0 aliphatic carbocycles. The summed E-state index contributed by atoms with van der Waals surface area (Å²) in [6, 6.07) is 35.0. The van der Waals surface area contributed by atoms with E-state index in [2.05, 4.69) is 139 Å². The van der Waals surface area contributed by atoms with Gasteiger partial charge in [-0.15, -0.1) is 0 Å². The fourth-order valence-electron chi connectivity index (χ4n) is 4.95. The quantitative estimate of drug-likeness (QED) is 0.253. The zero-order chi connectivity index (χ0) is 24.9. The van der Waals surface area contributed by atoms with Crippen LogP contribution in [-0.2, 0) is 4.74 Å². The molecule has 0 amide bonds. The Bertz CT molecular complexity index is 1140. The first-order chi connectivity index (χ1) is 16.8. The van der Waals surface area contributed by atoms with Crippen LogP contribution in [0.25, 0.3) is 0 Å². The third-order valence-electron chi connectivity index (χ3n) is 6.77. The van der Waals surface area contributed by atoms with E-state index < -0.39 is 0 Å². The van der Waals surface area contributed by atoms with Crippen molar-refractivity contribution in [1.29, 1.82) is 0 Å². The van der Waals surface area contributed by atoms with Gasteiger partial charge in [0.05, 0.1) is 0 Å². The summed E-state index contributed by atoms with van der Waals surface area (Å²) < 4.78 is 7.29. The molecule has 4 aromatic rings. The second kappa shape index (κ2) is 11.1. The van der Waals surface area contributed by atoms with Gasteiger partial charge in [-0.25, -0.2) is 0 Å². The first-order valence-electron chi connectivity index (χ1n) is 12.8. The van der Waals surface area contributed by atoms with Crippen molar-refractivity contribution >= 4 is 0 Å². The van der Waals surface area contributed by atoms with Crippen LogP contribution in [-0.4, -0.2) is 0 Å². The monoisotopic (exact) mass is 462 g/mol. The molecule has 2 atom stereocenters. The lowest BCUT2D eigenvalue weighted by Crippen LogP contribution is -2.17. The highest BCUT2D eigenvalue weighted by Gasteiger charge is 2.27. The molecule has 0 aromatic heterocycles. The fraction of sp³-hybridized carbons (Fsp3) is 0.294. The van der Waals surface area contributed by atoms with Gasteiger partial charge in [-0.3, -0.25) is 0 Å². The Kier molecular flexibility index (Phi) is 7.88. The number of hydrogen-bond donors (Lipinski definition) is 0.